The van der Waals surface area contributed by atoms with E-state index in [1.807, 2.05) is 0 Å². The molecule has 1 rings (SSSR count). The fourth-order valence-corrected chi connectivity index (χ4v) is 3.25. The lowest BCUT2D eigenvalue weighted by Gasteiger charge is -2.37. The number of unbranched alkanes of at least 4 members (excludes halogenated alkanes) is 1. The van der Waals surface area contributed by atoms with Crippen molar-refractivity contribution in [3.8, 4) is 0 Å². The second kappa shape index (κ2) is 7.11. The third kappa shape index (κ3) is 7.34. The van der Waals surface area contributed by atoms with E-state index in [1.54, 1.807) is 0 Å². The van der Waals surface area contributed by atoms with Crippen LogP contribution in [0.25, 0.3) is 0 Å². The van der Waals surface area contributed by atoms with E-state index in [4.69, 9.17) is 0 Å². The van der Waals surface area contributed by atoms with Gasteiger partial charge >= 0.3 is 0 Å². The van der Waals surface area contributed by atoms with E-state index in [0.29, 0.717) is 10.8 Å². The predicted molar refractivity (Wildman–Crippen MR) is 86.5 cm³/mol. The van der Waals surface area contributed by atoms with Crippen LogP contribution in [0.2, 0.25) is 0 Å². The summed E-state index contributed by atoms with van der Waals surface area (Å²) < 4.78 is 0. The van der Waals surface area contributed by atoms with Crippen LogP contribution in [0.15, 0.2) is 0 Å². The molecule has 0 aromatic heterocycles. The normalized spacial score (nSPS) is 25.6. The molecule has 19 heavy (non-hydrogen) atoms. The molecule has 0 spiro atoms. The van der Waals surface area contributed by atoms with Crippen LogP contribution in [0.4, 0.5) is 0 Å². The molecule has 1 aliphatic rings. The van der Waals surface area contributed by atoms with Crippen LogP contribution < -0.4 is 5.32 Å². The average molecular weight is 268 g/mol. The first-order valence-electron chi connectivity index (χ1n) is 8.42. The molecule has 0 bridgehead atoms. The van der Waals surface area contributed by atoms with E-state index in [0.717, 1.165) is 12.0 Å². The van der Waals surface area contributed by atoms with E-state index < -0.39 is 0 Å². The molecule has 0 heterocycles. The van der Waals surface area contributed by atoms with Crippen molar-refractivity contribution in [3.05, 3.63) is 0 Å². The first-order chi connectivity index (χ1) is 8.68. The van der Waals surface area contributed by atoms with Gasteiger partial charge in [0.15, 0.2) is 0 Å². The van der Waals surface area contributed by atoms with Gasteiger partial charge in [0.2, 0.25) is 0 Å². The van der Waals surface area contributed by atoms with Crippen LogP contribution in [0.3, 0.4) is 0 Å². The Morgan fingerprint density at radius 1 is 0.842 bits per heavy atom. The van der Waals surface area contributed by atoms with Gasteiger partial charge in [-0.3, -0.25) is 0 Å². The molecule has 0 aromatic carbocycles. The Morgan fingerprint density at radius 2 is 1.42 bits per heavy atom. The summed E-state index contributed by atoms with van der Waals surface area (Å²) in [5, 5.41) is 3.78. The molecule has 1 saturated carbocycles. The topological polar surface area (TPSA) is 12.0 Å². The molecular weight excluding hydrogens is 230 g/mol. The van der Waals surface area contributed by atoms with Gasteiger partial charge < -0.3 is 5.32 Å². The number of rotatable bonds is 5. The van der Waals surface area contributed by atoms with Crippen LogP contribution in [0, 0.1) is 16.7 Å². The molecular formula is C18H37N. The first-order valence-corrected chi connectivity index (χ1v) is 8.42. The van der Waals surface area contributed by atoms with Crippen LogP contribution in [0.1, 0.15) is 86.5 Å². The summed E-state index contributed by atoms with van der Waals surface area (Å²) >= 11 is 0. The average Bonchev–Trinajstić information content (AvgIpc) is 2.26. The SMILES string of the molecule is CC(C)(C)CCCCNC1CCC(C(C)(C)C)CC1. The molecule has 114 valence electrons. The minimum Gasteiger partial charge on any atom is -0.314 e. The van der Waals surface area contributed by atoms with Crippen molar-refractivity contribution in [2.24, 2.45) is 16.7 Å². The van der Waals surface area contributed by atoms with Crippen molar-refractivity contribution >= 4 is 0 Å². The van der Waals surface area contributed by atoms with Gasteiger partial charge in [-0.2, -0.15) is 0 Å². The lowest BCUT2D eigenvalue weighted by Crippen LogP contribution is -2.36. The molecule has 1 heteroatoms. The molecule has 1 aliphatic carbocycles. The van der Waals surface area contributed by atoms with Gasteiger partial charge in [0.25, 0.3) is 0 Å². The van der Waals surface area contributed by atoms with Crippen molar-refractivity contribution in [1.29, 1.82) is 0 Å². The fraction of sp³-hybridized carbons (Fsp3) is 1.00. The van der Waals surface area contributed by atoms with E-state index in [1.165, 1.54) is 51.5 Å². The zero-order valence-corrected chi connectivity index (χ0v) is 14.3. The highest BCUT2D eigenvalue weighted by molar-refractivity contribution is 4.83. The smallest absolute Gasteiger partial charge is 0.00672 e. The van der Waals surface area contributed by atoms with E-state index >= 15 is 0 Å². The second-order valence-electron chi connectivity index (χ2n) is 8.89. The molecule has 0 amide bonds. The largest absolute Gasteiger partial charge is 0.314 e. The van der Waals surface area contributed by atoms with E-state index in [-0.39, 0.29) is 0 Å². The maximum Gasteiger partial charge on any atom is 0.00672 e. The molecule has 0 unspecified atom stereocenters. The number of hydrogen-bond acceptors (Lipinski definition) is 1. The molecule has 0 aromatic rings. The van der Waals surface area contributed by atoms with Gasteiger partial charge in [0.05, 0.1) is 0 Å². The third-order valence-corrected chi connectivity index (χ3v) is 4.74. The first kappa shape index (κ1) is 17.0. The third-order valence-electron chi connectivity index (χ3n) is 4.74. The highest BCUT2D eigenvalue weighted by Gasteiger charge is 2.29. The predicted octanol–water partition coefficient (Wildman–Crippen LogP) is 5.40. The molecule has 0 aliphatic heterocycles. The Kier molecular flexibility index (Phi) is 6.36. The van der Waals surface area contributed by atoms with Crippen molar-refractivity contribution in [3.63, 3.8) is 0 Å². The van der Waals surface area contributed by atoms with Crippen molar-refractivity contribution in [2.75, 3.05) is 6.54 Å². The number of hydrogen-bond donors (Lipinski definition) is 1. The van der Waals surface area contributed by atoms with Gasteiger partial charge in [-0.1, -0.05) is 48.0 Å². The minimum atomic E-state index is 0.505. The zero-order valence-electron chi connectivity index (χ0n) is 14.3. The standard InChI is InChI=1S/C18H37N/c1-17(2,3)13-7-8-14-19-16-11-9-15(10-12-16)18(4,5)6/h15-16,19H,7-14H2,1-6H3. The van der Waals surface area contributed by atoms with Crippen molar-refractivity contribution < 1.29 is 0 Å². The van der Waals surface area contributed by atoms with Gasteiger partial charge in [-0.05, 0) is 61.8 Å². The Labute approximate surface area is 121 Å². The lowest BCUT2D eigenvalue weighted by atomic mass is 9.71. The molecule has 1 nitrogen and oxygen atoms in total. The Morgan fingerprint density at radius 3 is 1.89 bits per heavy atom. The number of nitrogens with one attached hydrogen (secondary N) is 1. The molecule has 1 fully saturated rings. The summed E-state index contributed by atoms with van der Waals surface area (Å²) in [6.07, 6.45) is 9.69. The maximum absolute atomic E-state index is 3.78. The van der Waals surface area contributed by atoms with Gasteiger partial charge in [0.1, 0.15) is 0 Å². The van der Waals surface area contributed by atoms with Crippen LogP contribution in [-0.4, -0.2) is 12.6 Å². The molecule has 0 saturated heterocycles. The molecule has 0 atom stereocenters. The van der Waals surface area contributed by atoms with Crippen molar-refractivity contribution in [1.82, 2.24) is 5.32 Å². The summed E-state index contributed by atoms with van der Waals surface area (Å²) in [5.74, 6) is 0.937. The monoisotopic (exact) mass is 267 g/mol. The van der Waals surface area contributed by atoms with Crippen LogP contribution >= 0.6 is 0 Å². The highest BCUT2D eigenvalue weighted by atomic mass is 14.9. The summed E-state index contributed by atoms with van der Waals surface area (Å²) in [5.41, 5.74) is 1.02. The molecule has 0 radical (unpaired) electrons. The summed E-state index contributed by atoms with van der Waals surface area (Å²) in [4.78, 5) is 0. The highest BCUT2D eigenvalue weighted by Crippen LogP contribution is 2.37. The van der Waals surface area contributed by atoms with Gasteiger partial charge in [-0.25, -0.2) is 0 Å². The summed E-state index contributed by atoms with van der Waals surface area (Å²) in [6, 6.07) is 0.799. The lowest BCUT2D eigenvalue weighted by molar-refractivity contribution is 0.160. The van der Waals surface area contributed by atoms with Crippen LogP contribution in [-0.2, 0) is 0 Å². The van der Waals surface area contributed by atoms with Gasteiger partial charge in [0, 0.05) is 6.04 Å². The van der Waals surface area contributed by atoms with Crippen molar-refractivity contribution in [2.45, 2.75) is 92.5 Å². The molecule has 1 N–H and O–H groups in total. The second-order valence-corrected chi connectivity index (χ2v) is 8.89. The maximum atomic E-state index is 3.78. The quantitative estimate of drug-likeness (QED) is 0.658. The summed E-state index contributed by atoms with van der Waals surface area (Å²) in [7, 11) is 0. The summed E-state index contributed by atoms with van der Waals surface area (Å²) in [6.45, 7) is 15.4. The zero-order chi connectivity index (χ0) is 14.5. The van der Waals surface area contributed by atoms with E-state index in [9.17, 15) is 0 Å². The minimum absolute atomic E-state index is 0.505. The van der Waals surface area contributed by atoms with E-state index in [2.05, 4.69) is 46.9 Å². The Bertz CT molecular complexity index is 235. The fourth-order valence-electron chi connectivity index (χ4n) is 3.25. The van der Waals surface area contributed by atoms with Crippen LogP contribution in [0.5, 0.6) is 0 Å². The Hall–Kier alpha value is -0.0400. The van der Waals surface area contributed by atoms with Gasteiger partial charge in [-0.15, -0.1) is 0 Å². The Balaban J connectivity index is 2.07.